The lowest BCUT2D eigenvalue weighted by molar-refractivity contribution is -0.125. The highest BCUT2D eigenvalue weighted by Crippen LogP contribution is 1.86. The van der Waals surface area contributed by atoms with Crippen molar-refractivity contribution in [2.75, 3.05) is 0 Å². The topological polar surface area (TPSA) is 95.4 Å². The van der Waals surface area contributed by atoms with Crippen LogP contribution in [0.2, 0.25) is 0 Å². The SMILES string of the molecule is CC(OC(N)=O)C(N)=O. The molecule has 0 aliphatic rings. The maximum Gasteiger partial charge on any atom is 0.405 e. The molecule has 0 spiro atoms. The molecule has 4 N–H and O–H groups in total. The first-order valence-electron chi connectivity index (χ1n) is 2.29. The average molecular weight is 132 g/mol. The molecule has 0 heterocycles. The Bertz CT molecular complexity index is 134. The van der Waals surface area contributed by atoms with Crippen LogP contribution in [0.25, 0.3) is 0 Å². The predicted molar refractivity (Wildman–Crippen MR) is 29.3 cm³/mol. The van der Waals surface area contributed by atoms with Crippen molar-refractivity contribution in [3.8, 4) is 0 Å². The van der Waals surface area contributed by atoms with Crippen molar-refractivity contribution in [3.63, 3.8) is 0 Å². The second kappa shape index (κ2) is 2.91. The predicted octanol–water partition coefficient (Wildman–Crippen LogP) is -1.04. The van der Waals surface area contributed by atoms with Gasteiger partial charge in [0.15, 0.2) is 6.10 Å². The van der Waals surface area contributed by atoms with Gasteiger partial charge in [0.25, 0.3) is 5.91 Å². The molecular weight excluding hydrogens is 124 g/mol. The Balaban J connectivity index is 3.63. The van der Waals surface area contributed by atoms with Crippen molar-refractivity contribution in [1.82, 2.24) is 0 Å². The minimum absolute atomic E-state index is 0.714. The number of carbonyl (C=O) groups excluding carboxylic acids is 2. The fraction of sp³-hybridized carbons (Fsp3) is 0.500. The number of hydrogen-bond acceptors (Lipinski definition) is 3. The highest BCUT2D eigenvalue weighted by molar-refractivity contribution is 5.81. The number of carbonyl (C=O) groups is 2. The molecule has 9 heavy (non-hydrogen) atoms. The summed E-state index contributed by atoms with van der Waals surface area (Å²) in [6.45, 7) is 1.34. The number of nitrogens with two attached hydrogens (primary N) is 2. The Morgan fingerprint density at radius 3 is 2.00 bits per heavy atom. The Hall–Kier alpha value is -1.26. The number of rotatable bonds is 2. The molecule has 0 saturated carbocycles. The van der Waals surface area contributed by atoms with Crippen molar-refractivity contribution in [3.05, 3.63) is 0 Å². The highest BCUT2D eigenvalue weighted by Gasteiger charge is 2.10. The zero-order chi connectivity index (χ0) is 7.44. The van der Waals surface area contributed by atoms with Crippen molar-refractivity contribution in [2.24, 2.45) is 11.5 Å². The highest BCUT2D eigenvalue weighted by atomic mass is 16.6. The van der Waals surface area contributed by atoms with Gasteiger partial charge in [0.2, 0.25) is 0 Å². The summed E-state index contributed by atoms with van der Waals surface area (Å²) < 4.78 is 4.18. The average Bonchev–Trinajstić information content (AvgIpc) is 1.63. The lowest BCUT2D eigenvalue weighted by Crippen LogP contribution is -2.32. The van der Waals surface area contributed by atoms with Crippen LogP contribution in [0, 0.1) is 0 Å². The molecule has 0 aliphatic carbocycles. The van der Waals surface area contributed by atoms with Crippen LogP contribution in [0.1, 0.15) is 6.92 Å². The minimum atomic E-state index is -0.999. The fourth-order valence-electron chi connectivity index (χ4n) is 0.232. The second-order valence-electron chi connectivity index (χ2n) is 1.48. The van der Waals surface area contributed by atoms with Gasteiger partial charge in [-0.15, -0.1) is 0 Å². The maximum absolute atomic E-state index is 10.1. The van der Waals surface area contributed by atoms with E-state index in [2.05, 4.69) is 10.5 Å². The van der Waals surface area contributed by atoms with Gasteiger partial charge in [-0.1, -0.05) is 0 Å². The summed E-state index contributed by atoms with van der Waals surface area (Å²) in [6, 6.07) is 0. The monoisotopic (exact) mass is 132 g/mol. The van der Waals surface area contributed by atoms with Crippen LogP contribution in [0.15, 0.2) is 0 Å². The van der Waals surface area contributed by atoms with E-state index in [4.69, 9.17) is 5.73 Å². The molecule has 52 valence electrons. The molecule has 0 aliphatic heterocycles. The lowest BCUT2D eigenvalue weighted by Gasteiger charge is -2.04. The van der Waals surface area contributed by atoms with E-state index in [-0.39, 0.29) is 0 Å². The Kier molecular flexibility index (Phi) is 2.50. The quantitative estimate of drug-likeness (QED) is 0.502. The van der Waals surface area contributed by atoms with E-state index in [0.29, 0.717) is 0 Å². The molecule has 0 saturated heterocycles. The van der Waals surface area contributed by atoms with Crippen LogP contribution in [0.5, 0.6) is 0 Å². The van der Waals surface area contributed by atoms with Crippen molar-refractivity contribution in [1.29, 1.82) is 0 Å². The number of ether oxygens (including phenoxy) is 1. The lowest BCUT2D eigenvalue weighted by atomic mass is 10.4. The molecule has 0 radical (unpaired) electrons. The molecule has 0 aromatic heterocycles. The summed E-state index contributed by atoms with van der Waals surface area (Å²) in [5, 5.41) is 0. The molecule has 1 atom stereocenters. The molecular formula is C4H8N2O3. The Labute approximate surface area is 52.0 Å². The molecule has 5 heteroatoms. The normalized spacial score (nSPS) is 12.1. The van der Waals surface area contributed by atoms with Gasteiger partial charge in [0.1, 0.15) is 0 Å². The summed E-state index contributed by atoms with van der Waals surface area (Å²) in [4.78, 5) is 20.0. The molecule has 5 nitrogen and oxygen atoms in total. The molecule has 0 fully saturated rings. The minimum Gasteiger partial charge on any atom is -0.437 e. The van der Waals surface area contributed by atoms with Crippen LogP contribution < -0.4 is 11.5 Å². The van der Waals surface area contributed by atoms with Gasteiger partial charge in [0, 0.05) is 0 Å². The first-order valence-corrected chi connectivity index (χ1v) is 2.29. The zero-order valence-electron chi connectivity index (χ0n) is 4.96. The summed E-state index contributed by atoms with van der Waals surface area (Å²) in [5.41, 5.74) is 9.27. The summed E-state index contributed by atoms with van der Waals surface area (Å²) in [6.07, 6.45) is -1.94. The van der Waals surface area contributed by atoms with Gasteiger partial charge in [-0.3, -0.25) is 4.79 Å². The third kappa shape index (κ3) is 3.33. The van der Waals surface area contributed by atoms with Crippen molar-refractivity contribution >= 4 is 12.0 Å². The Morgan fingerprint density at radius 2 is 1.89 bits per heavy atom. The summed E-state index contributed by atoms with van der Waals surface area (Å²) >= 11 is 0. The standard InChI is InChI=1S/C4H8N2O3/c1-2(3(5)7)9-4(6)8/h2H,1H3,(H2,5,7)(H2,6,8). The fourth-order valence-corrected chi connectivity index (χ4v) is 0.232. The molecule has 0 bridgehead atoms. The first kappa shape index (κ1) is 7.74. The van der Waals surface area contributed by atoms with E-state index < -0.39 is 18.1 Å². The molecule has 0 aromatic carbocycles. The van der Waals surface area contributed by atoms with Gasteiger partial charge >= 0.3 is 6.09 Å². The van der Waals surface area contributed by atoms with E-state index in [1.54, 1.807) is 0 Å². The smallest absolute Gasteiger partial charge is 0.405 e. The second-order valence-corrected chi connectivity index (χ2v) is 1.48. The molecule has 0 aromatic rings. The molecule has 2 amide bonds. The van der Waals surface area contributed by atoms with Gasteiger partial charge in [0.05, 0.1) is 0 Å². The van der Waals surface area contributed by atoms with Crippen molar-refractivity contribution < 1.29 is 14.3 Å². The van der Waals surface area contributed by atoms with E-state index in [1.807, 2.05) is 0 Å². The van der Waals surface area contributed by atoms with E-state index >= 15 is 0 Å². The zero-order valence-corrected chi connectivity index (χ0v) is 4.96. The van der Waals surface area contributed by atoms with Crippen LogP contribution in [0.3, 0.4) is 0 Å². The van der Waals surface area contributed by atoms with Crippen LogP contribution in [-0.2, 0) is 9.53 Å². The van der Waals surface area contributed by atoms with Gasteiger partial charge in [-0.25, -0.2) is 4.79 Å². The van der Waals surface area contributed by atoms with E-state index in [0.717, 1.165) is 0 Å². The Morgan fingerprint density at radius 1 is 1.44 bits per heavy atom. The summed E-state index contributed by atoms with van der Waals surface area (Å²) in [5.74, 6) is -0.714. The largest absolute Gasteiger partial charge is 0.437 e. The number of amides is 2. The maximum atomic E-state index is 10.1. The number of hydrogen-bond donors (Lipinski definition) is 2. The summed E-state index contributed by atoms with van der Waals surface area (Å²) in [7, 11) is 0. The molecule has 1 unspecified atom stereocenters. The van der Waals surface area contributed by atoms with E-state index in [9.17, 15) is 9.59 Å². The van der Waals surface area contributed by atoms with Crippen LogP contribution in [0.4, 0.5) is 4.79 Å². The molecule has 0 rings (SSSR count). The van der Waals surface area contributed by atoms with Gasteiger partial charge < -0.3 is 16.2 Å². The van der Waals surface area contributed by atoms with Crippen LogP contribution >= 0.6 is 0 Å². The third-order valence-corrected chi connectivity index (χ3v) is 0.694. The van der Waals surface area contributed by atoms with E-state index in [1.165, 1.54) is 6.92 Å². The third-order valence-electron chi connectivity index (χ3n) is 0.694. The van der Waals surface area contributed by atoms with Gasteiger partial charge in [-0.05, 0) is 6.92 Å². The number of primary amides is 2. The van der Waals surface area contributed by atoms with Gasteiger partial charge in [-0.2, -0.15) is 0 Å². The first-order chi connectivity index (χ1) is 4.04. The van der Waals surface area contributed by atoms with Crippen LogP contribution in [-0.4, -0.2) is 18.1 Å². The van der Waals surface area contributed by atoms with Crippen molar-refractivity contribution in [2.45, 2.75) is 13.0 Å².